The quantitative estimate of drug-likeness (QED) is 0.439. The number of alkyl carbamates (subject to hydrolysis) is 1. The average molecular weight is 403 g/mol. The molecule has 0 aromatic rings. The van der Waals surface area contributed by atoms with E-state index < -0.39 is 11.7 Å². The van der Waals surface area contributed by atoms with Gasteiger partial charge in [-0.25, -0.2) is 4.79 Å². The van der Waals surface area contributed by atoms with Gasteiger partial charge in [-0.2, -0.15) is 0 Å². The molecular formula is C22H46N2O4. The van der Waals surface area contributed by atoms with Crippen LogP contribution in [0, 0.1) is 11.3 Å². The molecule has 0 aliphatic rings. The Bertz CT molecular complexity index is 415. The summed E-state index contributed by atoms with van der Waals surface area (Å²) in [5.74, 6) is 0.252. The lowest BCUT2D eigenvalue weighted by molar-refractivity contribution is -0.123. The number of carbonyl (C=O) groups is 2. The number of ether oxygens (including phenoxy) is 1. The molecule has 0 unspecified atom stereocenters. The van der Waals surface area contributed by atoms with Crippen LogP contribution < -0.4 is 10.6 Å². The first kappa shape index (κ1) is 28.9. The number of aliphatic hydroxyl groups is 1. The lowest BCUT2D eigenvalue weighted by atomic mass is 9.89. The summed E-state index contributed by atoms with van der Waals surface area (Å²) in [5.41, 5.74) is -0.189. The Hall–Kier alpha value is -1.30. The largest absolute Gasteiger partial charge is 0.443 e. The fourth-order valence-corrected chi connectivity index (χ4v) is 2.31. The van der Waals surface area contributed by atoms with E-state index in [1.165, 1.54) is 19.3 Å². The van der Waals surface area contributed by atoms with E-state index in [-0.39, 0.29) is 18.4 Å². The third-order valence-corrected chi connectivity index (χ3v) is 4.08. The number of hydrogen-bond acceptors (Lipinski definition) is 4. The summed E-state index contributed by atoms with van der Waals surface area (Å²) in [7, 11) is 0. The Balaban J connectivity index is 0. The van der Waals surface area contributed by atoms with Gasteiger partial charge in [-0.3, -0.25) is 4.79 Å². The molecule has 0 rings (SSSR count). The predicted molar refractivity (Wildman–Crippen MR) is 116 cm³/mol. The third-order valence-electron chi connectivity index (χ3n) is 4.08. The Kier molecular flexibility index (Phi) is 16.1. The van der Waals surface area contributed by atoms with Crippen LogP contribution in [-0.4, -0.2) is 42.4 Å². The lowest BCUT2D eigenvalue weighted by Crippen LogP contribution is -2.35. The summed E-state index contributed by atoms with van der Waals surface area (Å²) in [6, 6.07) is 0. The topological polar surface area (TPSA) is 87.7 Å². The summed E-state index contributed by atoms with van der Waals surface area (Å²) >= 11 is 0. The van der Waals surface area contributed by atoms with Crippen LogP contribution in [0.5, 0.6) is 0 Å². The molecule has 0 aromatic heterocycles. The first-order chi connectivity index (χ1) is 12.8. The van der Waals surface area contributed by atoms with Crippen molar-refractivity contribution in [2.24, 2.45) is 11.3 Å². The van der Waals surface area contributed by atoms with Crippen molar-refractivity contribution in [1.29, 1.82) is 0 Å². The fraction of sp³-hybridized carbons (Fsp3) is 0.909. The normalized spacial score (nSPS) is 11.5. The molecule has 6 heteroatoms. The van der Waals surface area contributed by atoms with Gasteiger partial charge < -0.3 is 20.5 Å². The Morgan fingerprint density at radius 3 is 1.93 bits per heavy atom. The maximum atomic E-state index is 11.5. The molecule has 0 fully saturated rings. The van der Waals surface area contributed by atoms with Crippen molar-refractivity contribution in [3.05, 3.63) is 0 Å². The van der Waals surface area contributed by atoms with Crippen LogP contribution in [0.3, 0.4) is 0 Å². The SMILES string of the molecule is CC(C)(C)CCCCCCNC(=O)OC(C)(C)CCO.CCNC(=O)C(C)C. The highest BCUT2D eigenvalue weighted by atomic mass is 16.6. The third kappa shape index (κ3) is 21.0. The molecule has 0 heterocycles. The van der Waals surface area contributed by atoms with E-state index in [0.29, 0.717) is 18.4 Å². The molecule has 2 amide bonds. The minimum absolute atomic E-state index is 0.0219. The Morgan fingerprint density at radius 2 is 1.50 bits per heavy atom. The van der Waals surface area contributed by atoms with Crippen molar-refractivity contribution in [2.45, 2.75) is 99.5 Å². The molecule has 168 valence electrons. The van der Waals surface area contributed by atoms with Gasteiger partial charge >= 0.3 is 6.09 Å². The molecule has 0 bridgehead atoms. The van der Waals surface area contributed by atoms with Crippen LogP contribution in [0.15, 0.2) is 0 Å². The highest BCUT2D eigenvalue weighted by Gasteiger charge is 2.21. The molecule has 0 saturated carbocycles. The summed E-state index contributed by atoms with van der Waals surface area (Å²) in [4.78, 5) is 22.2. The zero-order valence-electron chi connectivity index (χ0n) is 19.6. The first-order valence-corrected chi connectivity index (χ1v) is 10.7. The zero-order valence-corrected chi connectivity index (χ0v) is 19.6. The van der Waals surface area contributed by atoms with Gasteiger partial charge in [-0.15, -0.1) is 0 Å². The van der Waals surface area contributed by atoms with Gasteiger partial charge in [-0.05, 0) is 39.0 Å². The van der Waals surface area contributed by atoms with Gasteiger partial charge in [0, 0.05) is 32.0 Å². The van der Waals surface area contributed by atoms with Crippen molar-refractivity contribution in [3.63, 3.8) is 0 Å². The van der Waals surface area contributed by atoms with Crippen molar-refractivity contribution in [2.75, 3.05) is 19.7 Å². The number of carbonyl (C=O) groups excluding carboxylic acids is 2. The van der Waals surface area contributed by atoms with Crippen molar-refractivity contribution < 1.29 is 19.4 Å². The van der Waals surface area contributed by atoms with Crippen LogP contribution in [0.4, 0.5) is 4.79 Å². The van der Waals surface area contributed by atoms with Gasteiger partial charge in [0.1, 0.15) is 5.60 Å². The van der Waals surface area contributed by atoms with Crippen molar-refractivity contribution in [3.8, 4) is 0 Å². The van der Waals surface area contributed by atoms with Gasteiger partial charge in [-0.1, -0.05) is 53.9 Å². The van der Waals surface area contributed by atoms with E-state index in [2.05, 4.69) is 31.4 Å². The minimum Gasteiger partial charge on any atom is -0.443 e. The van der Waals surface area contributed by atoms with Crippen LogP contribution in [-0.2, 0) is 9.53 Å². The van der Waals surface area contributed by atoms with E-state index in [1.54, 1.807) is 13.8 Å². The molecule has 28 heavy (non-hydrogen) atoms. The van der Waals surface area contributed by atoms with Gasteiger partial charge in [0.2, 0.25) is 5.91 Å². The number of nitrogens with one attached hydrogen (secondary N) is 2. The second-order valence-electron chi connectivity index (χ2n) is 9.32. The molecule has 0 radical (unpaired) electrons. The smallest absolute Gasteiger partial charge is 0.407 e. The molecule has 0 atom stereocenters. The highest BCUT2D eigenvalue weighted by Crippen LogP contribution is 2.22. The number of unbranched alkanes of at least 4 members (excludes halogenated alkanes) is 3. The van der Waals surface area contributed by atoms with E-state index in [1.807, 2.05) is 20.8 Å². The van der Waals surface area contributed by atoms with E-state index in [9.17, 15) is 9.59 Å². The standard InChI is InChI=1S/C16H33NO3.C6H13NO/c1-15(2,3)10-8-6-7-9-12-17-14(19)20-16(4,5)11-13-18;1-4-7-6(8)5(2)3/h18H,6-13H2,1-5H3,(H,17,19);5H,4H2,1-3H3,(H,7,8). The Morgan fingerprint density at radius 1 is 0.929 bits per heavy atom. The minimum atomic E-state index is -0.606. The van der Waals surface area contributed by atoms with Crippen LogP contribution >= 0.6 is 0 Å². The van der Waals surface area contributed by atoms with Crippen molar-refractivity contribution in [1.82, 2.24) is 10.6 Å². The maximum absolute atomic E-state index is 11.5. The average Bonchev–Trinajstić information content (AvgIpc) is 2.53. The molecular weight excluding hydrogens is 356 g/mol. The monoisotopic (exact) mass is 402 g/mol. The van der Waals surface area contributed by atoms with E-state index >= 15 is 0 Å². The maximum Gasteiger partial charge on any atom is 0.407 e. The molecule has 3 N–H and O–H groups in total. The molecule has 0 aliphatic carbocycles. The van der Waals surface area contributed by atoms with Gasteiger partial charge in [0.25, 0.3) is 0 Å². The highest BCUT2D eigenvalue weighted by molar-refractivity contribution is 5.77. The van der Waals surface area contributed by atoms with Gasteiger partial charge in [0.05, 0.1) is 0 Å². The molecule has 0 aliphatic heterocycles. The summed E-state index contributed by atoms with van der Waals surface area (Å²) in [6.45, 7) is 17.5. The number of hydrogen-bond donors (Lipinski definition) is 3. The van der Waals surface area contributed by atoms with E-state index in [4.69, 9.17) is 9.84 Å². The van der Waals surface area contributed by atoms with Crippen molar-refractivity contribution >= 4 is 12.0 Å². The molecule has 0 spiro atoms. The summed E-state index contributed by atoms with van der Waals surface area (Å²) in [5, 5.41) is 14.3. The Labute approximate surface area is 173 Å². The van der Waals surface area contributed by atoms with Gasteiger partial charge in [0.15, 0.2) is 0 Å². The number of aliphatic hydroxyl groups excluding tert-OH is 1. The zero-order chi connectivity index (χ0) is 22.2. The van der Waals surface area contributed by atoms with Crippen LogP contribution in [0.1, 0.15) is 93.9 Å². The first-order valence-electron chi connectivity index (χ1n) is 10.7. The molecule has 6 nitrogen and oxygen atoms in total. The molecule has 0 aromatic carbocycles. The van der Waals surface area contributed by atoms with Crippen LogP contribution in [0.2, 0.25) is 0 Å². The summed E-state index contributed by atoms with van der Waals surface area (Å²) in [6.07, 6.45) is 5.89. The second-order valence-corrected chi connectivity index (χ2v) is 9.32. The lowest BCUT2D eigenvalue weighted by Gasteiger charge is -2.24. The molecule has 0 saturated heterocycles. The predicted octanol–water partition coefficient (Wildman–Crippen LogP) is 4.65. The van der Waals surface area contributed by atoms with E-state index in [0.717, 1.165) is 19.4 Å². The second kappa shape index (κ2) is 15.6. The number of rotatable bonds is 11. The fourth-order valence-electron chi connectivity index (χ4n) is 2.31. The number of amides is 2. The van der Waals surface area contributed by atoms with Crippen LogP contribution in [0.25, 0.3) is 0 Å². The summed E-state index contributed by atoms with van der Waals surface area (Å²) < 4.78 is 5.24.